The molecule has 1 aromatic carbocycles. The summed E-state index contributed by atoms with van der Waals surface area (Å²) in [5.74, 6) is 0.268. The lowest BCUT2D eigenvalue weighted by atomic mass is 10.0. The van der Waals surface area contributed by atoms with Crippen molar-refractivity contribution in [2.45, 2.75) is 19.9 Å². The fourth-order valence-corrected chi connectivity index (χ4v) is 3.07. The lowest BCUT2D eigenvalue weighted by molar-refractivity contribution is 0.0921. The predicted octanol–water partition coefficient (Wildman–Crippen LogP) is 2.70. The molecule has 27 heavy (non-hydrogen) atoms. The average molecular weight is 361 g/mol. The Morgan fingerprint density at radius 1 is 1.15 bits per heavy atom. The Balaban J connectivity index is 1.69. The monoisotopic (exact) mass is 361 g/mol. The molecular weight excluding hydrogens is 342 g/mol. The van der Waals surface area contributed by atoms with Gasteiger partial charge in [0, 0.05) is 12.4 Å². The van der Waals surface area contributed by atoms with Gasteiger partial charge in [-0.15, -0.1) is 0 Å². The average Bonchev–Trinajstić information content (AvgIpc) is 3.10. The van der Waals surface area contributed by atoms with Crippen LogP contribution in [0.2, 0.25) is 0 Å². The number of carbonyl (C=O) groups is 1. The minimum Gasteiger partial charge on any atom is -0.342 e. The number of nitrogens with zero attached hydrogens (tertiary/aromatic N) is 3. The van der Waals surface area contributed by atoms with E-state index in [9.17, 15) is 9.59 Å². The highest BCUT2D eigenvalue weighted by molar-refractivity contribution is 5.94. The van der Waals surface area contributed by atoms with Gasteiger partial charge in [0.05, 0.1) is 17.1 Å². The number of benzene rings is 1. The minimum atomic E-state index is -0.468. The third kappa shape index (κ3) is 3.08. The van der Waals surface area contributed by atoms with E-state index in [1.807, 2.05) is 38.1 Å². The van der Waals surface area contributed by atoms with Crippen molar-refractivity contribution in [3.8, 4) is 0 Å². The molecule has 0 fully saturated rings. The first-order valence-corrected chi connectivity index (χ1v) is 8.76. The van der Waals surface area contributed by atoms with Crippen molar-refractivity contribution >= 4 is 22.6 Å². The van der Waals surface area contributed by atoms with Gasteiger partial charge in [-0.05, 0) is 30.2 Å². The van der Waals surface area contributed by atoms with Crippen LogP contribution in [0.4, 0.5) is 0 Å². The molecule has 0 aliphatic carbocycles. The van der Waals surface area contributed by atoms with Crippen molar-refractivity contribution < 1.29 is 4.79 Å². The number of para-hydroxylation sites is 2. The molecule has 0 aliphatic rings. The van der Waals surface area contributed by atoms with Crippen LogP contribution in [0, 0.1) is 5.92 Å². The maximum Gasteiger partial charge on any atom is 0.270 e. The third-order valence-corrected chi connectivity index (χ3v) is 4.51. The second-order valence-corrected chi connectivity index (χ2v) is 6.74. The van der Waals surface area contributed by atoms with Gasteiger partial charge in [0.1, 0.15) is 17.0 Å². The van der Waals surface area contributed by atoms with Crippen molar-refractivity contribution in [3.05, 3.63) is 76.6 Å². The maximum atomic E-state index is 12.8. The number of aromatic amines is 1. The van der Waals surface area contributed by atoms with E-state index in [0.717, 1.165) is 11.0 Å². The largest absolute Gasteiger partial charge is 0.342 e. The zero-order chi connectivity index (χ0) is 19.0. The minimum absolute atomic E-state index is 0.000427. The second kappa shape index (κ2) is 6.68. The number of nitrogens with one attached hydrogen (secondary N) is 2. The highest BCUT2D eigenvalue weighted by Gasteiger charge is 2.24. The molecule has 1 atom stereocenters. The molecule has 4 aromatic rings. The van der Waals surface area contributed by atoms with Crippen LogP contribution in [-0.4, -0.2) is 25.3 Å². The number of rotatable bonds is 4. The molecular formula is C20H19N5O2. The molecule has 7 nitrogen and oxygen atoms in total. The number of amides is 1. The Morgan fingerprint density at radius 3 is 2.70 bits per heavy atom. The van der Waals surface area contributed by atoms with E-state index in [2.05, 4.69) is 20.3 Å². The van der Waals surface area contributed by atoms with Crippen LogP contribution in [0.15, 0.2) is 59.7 Å². The van der Waals surface area contributed by atoms with Crippen LogP contribution in [0.1, 0.15) is 36.1 Å². The van der Waals surface area contributed by atoms with Gasteiger partial charge in [0.2, 0.25) is 0 Å². The maximum absolute atomic E-state index is 12.8. The molecule has 7 heteroatoms. The number of hydrogen-bond donors (Lipinski definition) is 2. The van der Waals surface area contributed by atoms with Gasteiger partial charge in [-0.1, -0.05) is 32.0 Å². The highest BCUT2D eigenvalue weighted by atomic mass is 16.2. The number of fused-ring (bicyclic) bond motifs is 2. The SMILES string of the molecule is CC(C)C(NC(=O)c1cnc2ccccn2c1=O)c1nc2ccccc2[nH]1. The number of hydrogen-bond acceptors (Lipinski definition) is 4. The highest BCUT2D eigenvalue weighted by Crippen LogP contribution is 2.22. The Bertz CT molecular complexity index is 1160. The number of imidazole rings is 1. The summed E-state index contributed by atoms with van der Waals surface area (Å²) in [6.45, 7) is 3.98. The number of H-pyrrole nitrogens is 1. The summed E-state index contributed by atoms with van der Waals surface area (Å²) in [4.78, 5) is 37.5. The van der Waals surface area contributed by atoms with Gasteiger partial charge in [0.25, 0.3) is 11.5 Å². The first-order valence-electron chi connectivity index (χ1n) is 8.76. The summed E-state index contributed by atoms with van der Waals surface area (Å²) in [5, 5.41) is 2.93. The van der Waals surface area contributed by atoms with Gasteiger partial charge in [-0.3, -0.25) is 14.0 Å². The van der Waals surface area contributed by atoms with E-state index in [-0.39, 0.29) is 17.5 Å². The first kappa shape index (κ1) is 17.0. The third-order valence-electron chi connectivity index (χ3n) is 4.51. The van der Waals surface area contributed by atoms with Gasteiger partial charge >= 0.3 is 0 Å². The smallest absolute Gasteiger partial charge is 0.270 e. The van der Waals surface area contributed by atoms with Gasteiger partial charge < -0.3 is 10.3 Å². The Kier molecular flexibility index (Phi) is 4.19. The summed E-state index contributed by atoms with van der Waals surface area (Å²) >= 11 is 0. The zero-order valence-electron chi connectivity index (χ0n) is 15.0. The van der Waals surface area contributed by atoms with Crippen LogP contribution in [-0.2, 0) is 0 Å². The van der Waals surface area contributed by atoms with Gasteiger partial charge in [0.15, 0.2) is 0 Å². The lowest BCUT2D eigenvalue weighted by Crippen LogP contribution is -2.36. The van der Waals surface area contributed by atoms with Crippen molar-refractivity contribution in [2.75, 3.05) is 0 Å². The van der Waals surface area contributed by atoms with E-state index in [4.69, 9.17) is 0 Å². The Hall–Kier alpha value is -3.48. The molecule has 0 aliphatic heterocycles. The molecule has 0 saturated heterocycles. The van der Waals surface area contributed by atoms with Crippen molar-refractivity contribution in [1.29, 1.82) is 0 Å². The topological polar surface area (TPSA) is 92.2 Å². The van der Waals surface area contributed by atoms with Crippen LogP contribution < -0.4 is 10.9 Å². The summed E-state index contributed by atoms with van der Waals surface area (Å²) in [7, 11) is 0. The van der Waals surface area contributed by atoms with E-state index < -0.39 is 11.5 Å². The molecule has 1 amide bonds. The number of aromatic nitrogens is 4. The molecule has 3 aromatic heterocycles. The Morgan fingerprint density at radius 2 is 1.93 bits per heavy atom. The van der Waals surface area contributed by atoms with Crippen molar-refractivity contribution in [3.63, 3.8) is 0 Å². The summed E-state index contributed by atoms with van der Waals surface area (Å²) in [5.41, 5.74) is 1.84. The lowest BCUT2D eigenvalue weighted by Gasteiger charge is -2.20. The van der Waals surface area contributed by atoms with Crippen LogP contribution in [0.25, 0.3) is 16.7 Å². The molecule has 0 spiro atoms. The van der Waals surface area contributed by atoms with Crippen molar-refractivity contribution in [1.82, 2.24) is 24.7 Å². The first-order chi connectivity index (χ1) is 13.0. The molecule has 1 unspecified atom stereocenters. The van der Waals surface area contributed by atoms with E-state index in [1.54, 1.807) is 24.4 Å². The quantitative estimate of drug-likeness (QED) is 0.584. The fraction of sp³-hybridized carbons (Fsp3) is 0.200. The summed E-state index contributed by atoms with van der Waals surface area (Å²) in [6.07, 6.45) is 2.92. The molecule has 2 N–H and O–H groups in total. The zero-order valence-corrected chi connectivity index (χ0v) is 15.0. The van der Waals surface area contributed by atoms with E-state index in [0.29, 0.717) is 11.5 Å². The molecule has 0 bridgehead atoms. The fourth-order valence-electron chi connectivity index (χ4n) is 3.07. The molecule has 3 heterocycles. The normalized spacial score (nSPS) is 12.6. The molecule has 4 rings (SSSR count). The molecule has 136 valence electrons. The van der Waals surface area contributed by atoms with Crippen LogP contribution in [0.5, 0.6) is 0 Å². The van der Waals surface area contributed by atoms with E-state index >= 15 is 0 Å². The van der Waals surface area contributed by atoms with E-state index in [1.165, 1.54) is 10.6 Å². The van der Waals surface area contributed by atoms with Gasteiger partial charge in [-0.25, -0.2) is 9.97 Å². The number of pyridine rings is 1. The van der Waals surface area contributed by atoms with Crippen molar-refractivity contribution in [2.24, 2.45) is 5.92 Å². The summed E-state index contributed by atoms with van der Waals surface area (Å²) in [6, 6.07) is 12.6. The molecule has 0 saturated carbocycles. The second-order valence-electron chi connectivity index (χ2n) is 6.74. The van der Waals surface area contributed by atoms with Crippen LogP contribution in [0.3, 0.4) is 0 Å². The van der Waals surface area contributed by atoms with Crippen LogP contribution >= 0.6 is 0 Å². The Labute approximate surface area is 155 Å². The van der Waals surface area contributed by atoms with Gasteiger partial charge in [-0.2, -0.15) is 0 Å². The summed E-state index contributed by atoms with van der Waals surface area (Å²) < 4.78 is 1.36. The molecule has 0 radical (unpaired) electrons. The number of carbonyl (C=O) groups excluding carboxylic acids is 1. The standard InChI is InChI=1S/C20H19N5O2/c1-12(2)17(18-22-14-7-3-4-8-15(14)23-18)24-19(26)13-11-21-16-9-5-6-10-25(16)20(13)27/h3-12,17H,1-2H3,(H,22,23)(H,24,26). The predicted molar refractivity (Wildman–Crippen MR) is 103 cm³/mol.